The summed E-state index contributed by atoms with van der Waals surface area (Å²) in [6, 6.07) is 24.9. The van der Waals surface area contributed by atoms with Crippen LogP contribution in [0.3, 0.4) is 0 Å². The van der Waals surface area contributed by atoms with E-state index in [2.05, 4.69) is 22.1 Å². The van der Waals surface area contributed by atoms with Gasteiger partial charge in [-0.1, -0.05) is 60.1 Å². The van der Waals surface area contributed by atoms with Crippen LogP contribution < -0.4 is 10.5 Å². The highest BCUT2D eigenvalue weighted by Crippen LogP contribution is 2.26. The van der Waals surface area contributed by atoms with E-state index in [1.54, 1.807) is 18.2 Å². The minimum absolute atomic E-state index is 0.0877. The zero-order valence-corrected chi connectivity index (χ0v) is 18.8. The lowest BCUT2D eigenvalue weighted by molar-refractivity contribution is -0.132. The number of carbonyl (C=O) groups excluding carboxylic acids is 1. The number of nitrogens with zero attached hydrogens (tertiary/aromatic N) is 4. The van der Waals surface area contributed by atoms with Crippen LogP contribution in [-0.2, 0) is 11.3 Å². The second-order valence-corrected chi connectivity index (χ2v) is 8.50. The first-order valence-electron chi connectivity index (χ1n) is 10.9. The van der Waals surface area contributed by atoms with Gasteiger partial charge in [0.1, 0.15) is 6.54 Å². The van der Waals surface area contributed by atoms with E-state index in [-0.39, 0.29) is 18.0 Å². The first-order valence-corrected chi connectivity index (χ1v) is 11.3. The zero-order valence-electron chi connectivity index (χ0n) is 18.0. The molecule has 1 aromatic heterocycles. The van der Waals surface area contributed by atoms with Crippen molar-refractivity contribution in [3.8, 4) is 11.3 Å². The first-order chi connectivity index (χ1) is 16.1. The Bertz CT molecular complexity index is 1340. The van der Waals surface area contributed by atoms with Crippen LogP contribution in [0.25, 0.3) is 22.0 Å². The summed E-state index contributed by atoms with van der Waals surface area (Å²) in [6.07, 6.45) is 0. The molecule has 1 aliphatic rings. The number of carbonyl (C=O) groups is 1. The van der Waals surface area contributed by atoms with Crippen molar-refractivity contribution in [3.63, 3.8) is 0 Å². The highest BCUT2D eigenvalue weighted by Gasteiger charge is 2.23. The van der Waals surface area contributed by atoms with Crippen molar-refractivity contribution >= 4 is 34.0 Å². The third-order valence-electron chi connectivity index (χ3n) is 6.02. The lowest BCUT2D eigenvalue weighted by Crippen LogP contribution is -2.50. The van der Waals surface area contributed by atoms with Crippen LogP contribution in [-0.4, -0.2) is 46.8 Å². The van der Waals surface area contributed by atoms with E-state index in [0.717, 1.165) is 29.7 Å². The molecule has 5 rings (SSSR count). The van der Waals surface area contributed by atoms with E-state index < -0.39 is 0 Å². The van der Waals surface area contributed by atoms with E-state index in [0.29, 0.717) is 29.2 Å². The molecule has 0 bridgehead atoms. The van der Waals surface area contributed by atoms with Crippen LogP contribution in [0.1, 0.15) is 0 Å². The third-order valence-corrected chi connectivity index (χ3v) is 6.28. The molecule has 7 heteroatoms. The number of para-hydroxylation sites is 1. The number of fused-ring (bicyclic) bond motifs is 1. The summed E-state index contributed by atoms with van der Waals surface area (Å²) in [7, 11) is 0. The molecular weight excluding hydrogens is 436 g/mol. The van der Waals surface area contributed by atoms with Gasteiger partial charge in [-0.05, 0) is 30.3 Å². The van der Waals surface area contributed by atoms with Crippen LogP contribution in [0.2, 0.25) is 5.02 Å². The molecular formula is C26H23ClN4O2. The standard InChI is InChI=1S/C26H23ClN4O2/c27-20-12-10-19(11-13-20)25-22-8-4-5-9-23(22)26(33)31(28-25)18-24(32)30-16-14-29(15-17-30)21-6-2-1-3-7-21/h1-13H,14-18H2. The van der Waals surface area contributed by atoms with Gasteiger partial charge in [-0.2, -0.15) is 5.10 Å². The Balaban J connectivity index is 1.40. The summed E-state index contributed by atoms with van der Waals surface area (Å²) in [5.41, 5.74) is 2.39. The Morgan fingerprint density at radius 1 is 0.818 bits per heavy atom. The number of anilines is 1. The van der Waals surface area contributed by atoms with Gasteiger partial charge < -0.3 is 9.80 Å². The molecule has 0 radical (unpaired) electrons. The molecule has 33 heavy (non-hydrogen) atoms. The van der Waals surface area contributed by atoms with Crippen molar-refractivity contribution in [1.82, 2.24) is 14.7 Å². The predicted octanol–water partition coefficient (Wildman–Crippen LogP) is 4.07. The Hall–Kier alpha value is -3.64. The van der Waals surface area contributed by atoms with E-state index >= 15 is 0 Å². The maximum Gasteiger partial charge on any atom is 0.275 e. The van der Waals surface area contributed by atoms with Crippen LogP contribution in [0.4, 0.5) is 5.69 Å². The van der Waals surface area contributed by atoms with Crippen molar-refractivity contribution < 1.29 is 4.79 Å². The average molecular weight is 459 g/mol. The van der Waals surface area contributed by atoms with Gasteiger partial charge in [0.05, 0.1) is 11.1 Å². The second-order valence-electron chi connectivity index (χ2n) is 8.07. The topological polar surface area (TPSA) is 58.4 Å². The Morgan fingerprint density at radius 2 is 1.45 bits per heavy atom. The Labute approximate surface area is 196 Å². The SMILES string of the molecule is O=C(Cn1nc(-c2ccc(Cl)cc2)c2ccccc2c1=O)N1CCN(c2ccccc2)CC1. The summed E-state index contributed by atoms with van der Waals surface area (Å²) in [5, 5.41) is 6.52. The van der Waals surface area contributed by atoms with Gasteiger partial charge in [-0.3, -0.25) is 9.59 Å². The molecule has 6 nitrogen and oxygen atoms in total. The molecule has 0 spiro atoms. The van der Waals surface area contributed by atoms with E-state index in [4.69, 9.17) is 11.6 Å². The van der Waals surface area contributed by atoms with Crippen LogP contribution in [0.5, 0.6) is 0 Å². The van der Waals surface area contributed by atoms with E-state index in [1.165, 1.54) is 4.68 Å². The highest BCUT2D eigenvalue weighted by atomic mass is 35.5. The Kier molecular flexibility index (Phi) is 5.84. The summed E-state index contributed by atoms with van der Waals surface area (Å²) in [6.45, 7) is 2.65. The maximum atomic E-state index is 13.1. The number of hydrogen-bond acceptors (Lipinski definition) is 4. The molecule has 1 fully saturated rings. The van der Waals surface area contributed by atoms with Crippen molar-refractivity contribution in [2.75, 3.05) is 31.1 Å². The second kappa shape index (κ2) is 9.08. The molecule has 0 N–H and O–H groups in total. The van der Waals surface area contributed by atoms with E-state index in [9.17, 15) is 9.59 Å². The highest BCUT2D eigenvalue weighted by molar-refractivity contribution is 6.30. The van der Waals surface area contributed by atoms with Gasteiger partial charge in [0, 0.05) is 47.8 Å². The van der Waals surface area contributed by atoms with Crippen LogP contribution >= 0.6 is 11.6 Å². The monoisotopic (exact) mass is 458 g/mol. The van der Waals surface area contributed by atoms with Gasteiger partial charge in [0.15, 0.2) is 0 Å². The van der Waals surface area contributed by atoms with Gasteiger partial charge in [-0.15, -0.1) is 0 Å². The molecule has 3 aromatic carbocycles. The minimum atomic E-state index is -0.264. The fraction of sp³-hybridized carbons (Fsp3) is 0.192. The molecule has 1 aliphatic heterocycles. The van der Waals surface area contributed by atoms with Gasteiger partial charge >= 0.3 is 0 Å². The normalized spacial score (nSPS) is 14.0. The number of rotatable bonds is 4. The largest absolute Gasteiger partial charge is 0.368 e. The fourth-order valence-electron chi connectivity index (χ4n) is 4.24. The molecule has 0 aliphatic carbocycles. The number of benzene rings is 3. The predicted molar refractivity (Wildman–Crippen MR) is 132 cm³/mol. The van der Waals surface area contributed by atoms with Crippen LogP contribution in [0, 0.1) is 0 Å². The van der Waals surface area contributed by atoms with Crippen molar-refractivity contribution in [2.45, 2.75) is 6.54 Å². The smallest absolute Gasteiger partial charge is 0.275 e. The zero-order chi connectivity index (χ0) is 22.8. The molecule has 0 unspecified atom stereocenters. The van der Waals surface area contributed by atoms with E-state index in [1.807, 2.05) is 53.4 Å². The molecule has 0 atom stereocenters. The maximum absolute atomic E-state index is 13.1. The minimum Gasteiger partial charge on any atom is -0.368 e. The average Bonchev–Trinajstić information content (AvgIpc) is 2.87. The number of halogens is 1. The lowest BCUT2D eigenvalue weighted by atomic mass is 10.1. The van der Waals surface area contributed by atoms with Gasteiger partial charge in [0.2, 0.25) is 5.91 Å². The molecule has 1 amide bonds. The summed E-state index contributed by atoms with van der Waals surface area (Å²) >= 11 is 6.05. The van der Waals surface area contributed by atoms with Crippen molar-refractivity contribution in [3.05, 3.63) is 94.2 Å². The molecule has 1 saturated heterocycles. The third kappa shape index (κ3) is 4.34. The first kappa shape index (κ1) is 21.2. The van der Waals surface area contributed by atoms with Gasteiger partial charge in [0.25, 0.3) is 5.56 Å². The summed E-state index contributed by atoms with van der Waals surface area (Å²) < 4.78 is 1.29. The quantitative estimate of drug-likeness (QED) is 0.462. The summed E-state index contributed by atoms with van der Waals surface area (Å²) in [5.74, 6) is -0.102. The van der Waals surface area contributed by atoms with Crippen LogP contribution in [0.15, 0.2) is 83.7 Å². The van der Waals surface area contributed by atoms with Gasteiger partial charge in [-0.25, -0.2) is 4.68 Å². The number of aromatic nitrogens is 2. The Morgan fingerprint density at radius 3 is 2.15 bits per heavy atom. The van der Waals surface area contributed by atoms with Crippen molar-refractivity contribution in [1.29, 1.82) is 0 Å². The number of amides is 1. The number of hydrogen-bond donors (Lipinski definition) is 0. The lowest BCUT2D eigenvalue weighted by Gasteiger charge is -2.36. The molecule has 166 valence electrons. The number of piperazine rings is 1. The molecule has 0 saturated carbocycles. The molecule has 2 heterocycles. The fourth-order valence-corrected chi connectivity index (χ4v) is 4.37. The molecule has 4 aromatic rings. The van der Waals surface area contributed by atoms with Crippen molar-refractivity contribution in [2.24, 2.45) is 0 Å². The summed E-state index contributed by atoms with van der Waals surface area (Å²) in [4.78, 5) is 30.3.